The summed E-state index contributed by atoms with van der Waals surface area (Å²) in [7, 11) is -3.64. The number of nitrogens with zero attached hydrogens (tertiary/aromatic N) is 2. The van der Waals surface area contributed by atoms with Crippen LogP contribution >= 0.6 is 15.9 Å². The Morgan fingerprint density at radius 3 is 2.70 bits per heavy atom. The van der Waals surface area contributed by atoms with E-state index in [0.717, 1.165) is 16.6 Å². The quantitative estimate of drug-likeness (QED) is 0.791. The van der Waals surface area contributed by atoms with E-state index in [-0.39, 0.29) is 17.5 Å². The zero-order valence-corrected chi connectivity index (χ0v) is 14.4. The van der Waals surface area contributed by atoms with Gasteiger partial charge in [-0.1, -0.05) is 0 Å². The first-order chi connectivity index (χ1) is 11.0. The molecule has 0 N–H and O–H groups in total. The lowest BCUT2D eigenvalue weighted by molar-refractivity contribution is 0.205. The van der Waals surface area contributed by atoms with Crippen LogP contribution in [-0.2, 0) is 10.0 Å². The summed E-state index contributed by atoms with van der Waals surface area (Å²) >= 11 is 3.35. The molecular formula is C15H14BrFN2O3S. The van der Waals surface area contributed by atoms with Crippen molar-refractivity contribution >= 4 is 26.0 Å². The van der Waals surface area contributed by atoms with E-state index in [1.54, 1.807) is 12.3 Å². The zero-order valence-electron chi connectivity index (χ0n) is 12.0. The fourth-order valence-corrected chi connectivity index (χ4v) is 4.22. The van der Waals surface area contributed by atoms with Crippen molar-refractivity contribution in [1.82, 2.24) is 9.29 Å². The van der Waals surface area contributed by atoms with Crippen LogP contribution in [0.25, 0.3) is 0 Å². The fourth-order valence-electron chi connectivity index (χ4n) is 2.38. The van der Waals surface area contributed by atoms with Crippen LogP contribution in [0.5, 0.6) is 5.88 Å². The minimum Gasteiger partial charge on any atom is -0.472 e. The number of ether oxygens (including phenoxy) is 1. The van der Waals surface area contributed by atoms with E-state index in [2.05, 4.69) is 20.9 Å². The molecule has 1 saturated heterocycles. The maximum atomic E-state index is 13.0. The number of aromatic nitrogens is 1. The molecule has 0 amide bonds. The van der Waals surface area contributed by atoms with Crippen LogP contribution in [0, 0.1) is 5.82 Å². The maximum absolute atomic E-state index is 13.0. The van der Waals surface area contributed by atoms with Crippen molar-refractivity contribution in [2.75, 3.05) is 13.1 Å². The highest BCUT2D eigenvalue weighted by Gasteiger charge is 2.34. The molecule has 1 atom stereocenters. The molecule has 2 heterocycles. The second-order valence-corrected chi connectivity index (χ2v) is 7.93. The van der Waals surface area contributed by atoms with Crippen molar-refractivity contribution in [3.05, 3.63) is 52.9 Å². The average molecular weight is 401 g/mol. The Morgan fingerprint density at radius 1 is 1.26 bits per heavy atom. The summed E-state index contributed by atoms with van der Waals surface area (Å²) in [6.45, 7) is 0.595. The molecule has 8 heteroatoms. The van der Waals surface area contributed by atoms with Crippen LogP contribution in [-0.4, -0.2) is 36.9 Å². The first kappa shape index (κ1) is 16.4. The molecule has 5 nitrogen and oxygen atoms in total. The molecule has 1 aromatic carbocycles. The van der Waals surface area contributed by atoms with Crippen LogP contribution in [0.1, 0.15) is 6.42 Å². The topological polar surface area (TPSA) is 59.5 Å². The number of hydrogen-bond acceptors (Lipinski definition) is 4. The lowest BCUT2D eigenvalue weighted by Gasteiger charge is -2.17. The van der Waals surface area contributed by atoms with Gasteiger partial charge in [0.05, 0.1) is 15.9 Å². The van der Waals surface area contributed by atoms with Crippen LogP contribution in [0.4, 0.5) is 4.39 Å². The highest BCUT2D eigenvalue weighted by atomic mass is 79.9. The molecule has 0 saturated carbocycles. The van der Waals surface area contributed by atoms with E-state index in [0.29, 0.717) is 18.8 Å². The standard InChI is InChI=1S/C15H14BrFN2O3S/c16-14-2-1-8-18-15(14)22-12-7-9-19(10-12)23(20,21)13-5-3-11(17)4-6-13/h1-6,8,12H,7,9-10H2. The van der Waals surface area contributed by atoms with Gasteiger partial charge in [-0.15, -0.1) is 0 Å². The lowest BCUT2D eigenvalue weighted by atomic mass is 10.3. The Balaban J connectivity index is 1.72. The third-order valence-corrected chi connectivity index (χ3v) is 6.05. The van der Waals surface area contributed by atoms with Crippen LogP contribution in [0.3, 0.4) is 0 Å². The van der Waals surface area contributed by atoms with Crippen LogP contribution in [0.15, 0.2) is 52.0 Å². The molecule has 23 heavy (non-hydrogen) atoms. The van der Waals surface area contributed by atoms with E-state index in [1.807, 2.05) is 6.07 Å². The first-order valence-electron chi connectivity index (χ1n) is 7.00. The highest BCUT2D eigenvalue weighted by Crippen LogP contribution is 2.27. The van der Waals surface area contributed by atoms with Crippen molar-refractivity contribution in [2.45, 2.75) is 17.4 Å². The van der Waals surface area contributed by atoms with Crippen molar-refractivity contribution in [1.29, 1.82) is 0 Å². The molecule has 1 aliphatic heterocycles. The van der Waals surface area contributed by atoms with E-state index >= 15 is 0 Å². The predicted molar refractivity (Wildman–Crippen MR) is 86.1 cm³/mol. The van der Waals surface area contributed by atoms with Gasteiger partial charge in [0, 0.05) is 12.7 Å². The van der Waals surface area contributed by atoms with Gasteiger partial charge >= 0.3 is 0 Å². The van der Waals surface area contributed by atoms with E-state index in [4.69, 9.17) is 4.74 Å². The Labute approximate surface area is 142 Å². The van der Waals surface area contributed by atoms with Gasteiger partial charge in [-0.05, 0) is 58.7 Å². The monoisotopic (exact) mass is 400 g/mol. The molecule has 1 aliphatic rings. The van der Waals surface area contributed by atoms with Crippen molar-refractivity contribution in [3.63, 3.8) is 0 Å². The zero-order chi connectivity index (χ0) is 16.4. The van der Waals surface area contributed by atoms with Gasteiger partial charge in [-0.2, -0.15) is 4.31 Å². The second-order valence-electron chi connectivity index (χ2n) is 5.14. The average Bonchev–Trinajstić information content (AvgIpc) is 2.99. The van der Waals surface area contributed by atoms with Crippen molar-refractivity contribution in [3.8, 4) is 5.88 Å². The van der Waals surface area contributed by atoms with Gasteiger partial charge in [0.25, 0.3) is 0 Å². The van der Waals surface area contributed by atoms with Crippen LogP contribution in [0.2, 0.25) is 0 Å². The maximum Gasteiger partial charge on any atom is 0.243 e. The summed E-state index contributed by atoms with van der Waals surface area (Å²) in [6.07, 6.45) is 1.92. The molecule has 1 fully saturated rings. The Kier molecular flexibility index (Phi) is 4.65. The predicted octanol–water partition coefficient (Wildman–Crippen LogP) is 2.83. The molecule has 3 rings (SSSR count). The summed E-state index contributed by atoms with van der Waals surface area (Å²) in [4.78, 5) is 4.20. The van der Waals surface area contributed by atoms with E-state index in [1.165, 1.54) is 16.4 Å². The smallest absolute Gasteiger partial charge is 0.243 e. The summed E-state index contributed by atoms with van der Waals surface area (Å²) in [5, 5.41) is 0. The molecule has 2 aromatic rings. The summed E-state index contributed by atoms with van der Waals surface area (Å²) < 4.78 is 45.9. The Morgan fingerprint density at radius 2 is 2.00 bits per heavy atom. The van der Waals surface area contributed by atoms with E-state index < -0.39 is 15.8 Å². The third-order valence-electron chi connectivity index (χ3n) is 3.56. The van der Waals surface area contributed by atoms with Crippen molar-refractivity contribution < 1.29 is 17.5 Å². The van der Waals surface area contributed by atoms with Crippen molar-refractivity contribution in [2.24, 2.45) is 0 Å². The molecule has 0 radical (unpaired) electrons. The Hall–Kier alpha value is -1.51. The number of rotatable bonds is 4. The number of sulfonamides is 1. The molecule has 0 bridgehead atoms. The second kappa shape index (κ2) is 6.54. The summed E-state index contributed by atoms with van der Waals surface area (Å²) in [5.41, 5.74) is 0. The van der Waals surface area contributed by atoms with Gasteiger partial charge < -0.3 is 4.74 Å². The largest absolute Gasteiger partial charge is 0.472 e. The minimum atomic E-state index is -3.64. The van der Waals surface area contributed by atoms with Crippen LogP contribution < -0.4 is 4.74 Å². The lowest BCUT2D eigenvalue weighted by Crippen LogP contribution is -2.31. The summed E-state index contributed by atoms with van der Waals surface area (Å²) in [6, 6.07) is 8.41. The number of pyridine rings is 1. The summed E-state index contributed by atoms with van der Waals surface area (Å²) in [5.74, 6) is -0.0230. The van der Waals surface area contributed by atoms with Gasteiger partial charge in [-0.25, -0.2) is 17.8 Å². The molecule has 1 aromatic heterocycles. The highest BCUT2D eigenvalue weighted by molar-refractivity contribution is 9.10. The van der Waals surface area contributed by atoms with Gasteiger partial charge in [0.15, 0.2) is 0 Å². The molecule has 122 valence electrons. The number of halogens is 2. The normalized spacial score (nSPS) is 19.0. The number of hydrogen-bond donors (Lipinski definition) is 0. The Bertz CT molecular complexity index is 799. The molecular weight excluding hydrogens is 387 g/mol. The van der Waals surface area contributed by atoms with Gasteiger partial charge in [0.2, 0.25) is 15.9 Å². The molecule has 0 spiro atoms. The van der Waals surface area contributed by atoms with E-state index in [9.17, 15) is 12.8 Å². The molecule has 1 unspecified atom stereocenters. The molecule has 0 aliphatic carbocycles. The fraction of sp³-hybridized carbons (Fsp3) is 0.267. The van der Waals surface area contributed by atoms with Gasteiger partial charge in [-0.3, -0.25) is 0 Å². The number of benzene rings is 1. The van der Waals surface area contributed by atoms with Gasteiger partial charge in [0.1, 0.15) is 11.9 Å². The SMILES string of the molecule is O=S(=O)(c1ccc(F)cc1)N1CCC(Oc2ncccc2Br)C1. The third kappa shape index (κ3) is 3.54. The minimum absolute atomic E-state index is 0.0820. The first-order valence-corrected chi connectivity index (χ1v) is 9.23.